The number of halogens is 4. The summed E-state index contributed by atoms with van der Waals surface area (Å²) in [6, 6.07) is 39.8. The van der Waals surface area contributed by atoms with Crippen molar-refractivity contribution in [2.24, 2.45) is 0 Å². The van der Waals surface area contributed by atoms with Crippen LogP contribution < -0.4 is 0 Å². The van der Waals surface area contributed by atoms with Crippen molar-refractivity contribution in [3.05, 3.63) is 115 Å². The van der Waals surface area contributed by atoms with Crippen LogP contribution in [0.25, 0.3) is 44.5 Å². The molecule has 5 aromatic rings. The molecule has 0 amide bonds. The second-order valence-corrected chi connectivity index (χ2v) is 7.36. The van der Waals surface area contributed by atoms with E-state index in [4.69, 9.17) is 4.42 Å². The van der Waals surface area contributed by atoms with Gasteiger partial charge in [0.1, 0.15) is 0 Å². The Bertz CT molecular complexity index is 1290. The van der Waals surface area contributed by atoms with E-state index in [-0.39, 0.29) is 0 Å². The van der Waals surface area contributed by atoms with Crippen molar-refractivity contribution in [1.29, 1.82) is 0 Å². The lowest BCUT2D eigenvalue weighted by Crippen LogP contribution is -2.02. The van der Waals surface area contributed by atoms with Crippen LogP contribution in [0.15, 0.2) is 120 Å². The molecule has 1 aromatic heterocycles. The van der Waals surface area contributed by atoms with Crippen molar-refractivity contribution in [3.8, 4) is 33.8 Å². The fourth-order valence-electron chi connectivity index (χ4n) is 3.53. The molecule has 33 heavy (non-hydrogen) atoms. The first-order chi connectivity index (χ1) is 15.9. The van der Waals surface area contributed by atoms with Crippen molar-refractivity contribution in [1.82, 2.24) is 0 Å². The lowest BCUT2D eigenvalue weighted by Gasteiger charge is -2.04. The molecule has 0 saturated heterocycles. The molecular weight excluding hydrogens is 427 g/mol. The van der Waals surface area contributed by atoms with Crippen LogP contribution in [0.5, 0.6) is 0 Å². The van der Waals surface area contributed by atoms with Crippen LogP contribution in [0.1, 0.15) is 0 Å². The third kappa shape index (κ3) is 6.07. The largest absolute Gasteiger partial charge is 0.673 e. The number of benzene rings is 4. The average Bonchev–Trinajstić information content (AvgIpc) is 2.83. The van der Waals surface area contributed by atoms with E-state index in [1.54, 1.807) is 0 Å². The van der Waals surface area contributed by atoms with E-state index in [0.717, 1.165) is 28.2 Å². The Balaban J connectivity index is 0.000000471. The maximum absolute atomic E-state index is 9.75. The zero-order valence-electron chi connectivity index (χ0n) is 17.5. The Morgan fingerprint density at radius 3 is 1.39 bits per heavy atom. The molecule has 0 radical (unpaired) electrons. The predicted molar refractivity (Wildman–Crippen MR) is 127 cm³/mol. The van der Waals surface area contributed by atoms with Gasteiger partial charge in [-0.2, -0.15) is 0 Å². The van der Waals surface area contributed by atoms with Crippen molar-refractivity contribution in [2.75, 3.05) is 0 Å². The van der Waals surface area contributed by atoms with Gasteiger partial charge in [-0.15, -0.1) is 0 Å². The lowest BCUT2D eigenvalue weighted by atomic mass is 9.99. The maximum atomic E-state index is 9.75. The summed E-state index contributed by atoms with van der Waals surface area (Å²) in [6.45, 7) is 0. The van der Waals surface area contributed by atoms with Crippen molar-refractivity contribution >= 4 is 18.0 Å². The summed E-state index contributed by atoms with van der Waals surface area (Å²) in [6.07, 6.45) is 0. The van der Waals surface area contributed by atoms with E-state index in [0.29, 0.717) is 0 Å². The van der Waals surface area contributed by atoms with Gasteiger partial charge in [-0.1, -0.05) is 72.8 Å². The number of hydrogen-bond donors (Lipinski definition) is 0. The second kappa shape index (κ2) is 9.69. The molecule has 5 rings (SSSR count). The maximum Gasteiger partial charge on any atom is 0.673 e. The third-order valence-electron chi connectivity index (χ3n) is 4.99. The van der Waals surface area contributed by atoms with Gasteiger partial charge >= 0.3 is 18.8 Å². The van der Waals surface area contributed by atoms with Crippen LogP contribution >= 0.6 is 0 Å². The minimum Gasteiger partial charge on any atom is -0.418 e. The summed E-state index contributed by atoms with van der Waals surface area (Å²) >= 11 is 0. The SMILES string of the molecule is F[B-](F)(F)F.c1ccc(-c2cc(-c3ccc4ccccc4c3)cc(-c3ccccc3)[o+]2)cc1. The zero-order chi connectivity index (χ0) is 23.3. The highest BCUT2D eigenvalue weighted by Gasteiger charge is 2.21. The fourth-order valence-corrected chi connectivity index (χ4v) is 3.53. The number of hydrogen-bond acceptors (Lipinski definition) is 0. The van der Waals surface area contributed by atoms with Crippen molar-refractivity contribution in [3.63, 3.8) is 0 Å². The van der Waals surface area contributed by atoms with Gasteiger partial charge in [0, 0.05) is 5.56 Å². The van der Waals surface area contributed by atoms with Gasteiger partial charge in [-0.3, -0.25) is 0 Å². The van der Waals surface area contributed by atoms with E-state index in [1.807, 2.05) is 36.4 Å². The molecular formula is C27H19BF4O. The molecule has 0 fully saturated rings. The Kier molecular flexibility index (Phi) is 6.54. The van der Waals surface area contributed by atoms with Crippen LogP contribution in [-0.2, 0) is 0 Å². The Hall–Kier alpha value is -3.93. The monoisotopic (exact) mass is 446 g/mol. The van der Waals surface area contributed by atoms with Gasteiger partial charge in [-0.05, 0) is 46.7 Å². The van der Waals surface area contributed by atoms with E-state index in [9.17, 15) is 17.3 Å². The first-order valence-corrected chi connectivity index (χ1v) is 10.3. The topological polar surface area (TPSA) is 11.3 Å². The molecule has 0 saturated carbocycles. The molecule has 0 spiro atoms. The number of rotatable bonds is 3. The Morgan fingerprint density at radius 2 is 0.879 bits per heavy atom. The van der Waals surface area contributed by atoms with Gasteiger partial charge < -0.3 is 17.3 Å². The third-order valence-corrected chi connectivity index (χ3v) is 4.99. The summed E-state index contributed by atoms with van der Waals surface area (Å²) in [5.41, 5.74) is 4.48. The molecule has 0 aliphatic carbocycles. The second-order valence-electron chi connectivity index (χ2n) is 7.36. The van der Waals surface area contributed by atoms with Crippen LogP contribution in [-0.4, -0.2) is 7.25 Å². The van der Waals surface area contributed by atoms with Gasteiger partial charge in [0.25, 0.3) is 0 Å². The minimum atomic E-state index is -6.00. The number of fused-ring (bicyclic) bond motifs is 1. The highest BCUT2D eigenvalue weighted by Crippen LogP contribution is 2.33. The molecule has 1 nitrogen and oxygen atoms in total. The minimum absolute atomic E-state index is 0.866. The highest BCUT2D eigenvalue weighted by atomic mass is 19.5. The molecule has 6 heteroatoms. The van der Waals surface area contributed by atoms with E-state index in [2.05, 4.69) is 78.9 Å². The standard InChI is InChI=1S/C27H19O.BF4/c1-3-10-21(11-4-1)26-18-25(19-27(28-26)22-12-5-2-6-13-22)24-16-15-20-9-7-8-14-23(20)17-24;2-1(3,4)5/h1-19H;/q+1;-1. The Morgan fingerprint density at radius 1 is 0.424 bits per heavy atom. The van der Waals surface area contributed by atoms with Gasteiger partial charge in [0.05, 0.1) is 23.3 Å². The van der Waals surface area contributed by atoms with Gasteiger partial charge in [-0.25, -0.2) is 4.42 Å². The lowest BCUT2D eigenvalue weighted by molar-refractivity contribution is 0.368. The molecule has 0 aliphatic heterocycles. The molecule has 4 aromatic carbocycles. The summed E-state index contributed by atoms with van der Waals surface area (Å²) in [4.78, 5) is 0. The first kappa shape index (κ1) is 22.3. The molecule has 164 valence electrons. The molecule has 0 unspecified atom stereocenters. The molecule has 0 N–H and O–H groups in total. The van der Waals surface area contributed by atoms with Crippen LogP contribution in [0, 0.1) is 0 Å². The van der Waals surface area contributed by atoms with Gasteiger partial charge in [0.15, 0.2) is 0 Å². The highest BCUT2D eigenvalue weighted by molar-refractivity contribution is 6.50. The molecule has 0 aliphatic rings. The fraction of sp³-hybridized carbons (Fsp3) is 0. The Labute approximate surface area is 189 Å². The first-order valence-electron chi connectivity index (χ1n) is 10.3. The van der Waals surface area contributed by atoms with E-state index >= 15 is 0 Å². The average molecular weight is 446 g/mol. The van der Waals surface area contributed by atoms with Crippen LogP contribution in [0.3, 0.4) is 0 Å². The summed E-state index contributed by atoms with van der Waals surface area (Å²) < 4.78 is 45.3. The smallest absolute Gasteiger partial charge is 0.418 e. The normalized spacial score (nSPS) is 11.0. The van der Waals surface area contributed by atoms with Crippen molar-refractivity contribution < 1.29 is 21.7 Å². The molecule has 0 bridgehead atoms. The predicted octanol–water partition coefficient (Wildman–Crippen LogP) is 9.01. The van der Waals surface area contributed by atoms with Crippen LogP contribution in [0.2, 0.25) is 0 Å². The van der Waals surface area contributed by atoms with Crippen molar-refractivity contribution in [2.45, 2.75) is 0 Å². The quantitative estimate of drug-likeness (QED) is 0.153. The van der Waals surface area contributed by atoms with E-state index in [1.165, 1.54) is 16.3 Å². The summed E-state index contributed by atoms with van der Waals surface area (Å²) in [7, 11) is -6.00. The summed E-state index contributed by atoms with van der Waals surface area (Å²) in [5.74, 6) is 1.73. The molecule has 0 atom stereocenters. The van der Waals surface area contributed by atoms with Crippen LogP contribution in [0.4, 0.5) is 17.3 Å². The summed E-state index contributed by atoms with van der Waals surface area (Å²) in [5, 5.41) is 2.49. The van der Waals surface area contributed by atoms with Gasteiger partial charge in [0.2, 0.25) is 0 Å². The molecule has 1 heterocycles. The van der Waals surface area contributed by atoms with E-state index < -0.39 is 7.25 Å². The zero-order valence-corrected chi connectivity index (χ0v) is 17.5.